The fourth-order valence-electron chi connectivity index (χ4n) is 2.39. The molecular weight excluding hydrogens is 228 g/mol. The summed E-state index contributed by atoms with van der Waals surface area (Å²) in [5.74, 6) is 1.61. The number of hydrogen-bond donors (Lipinski definition) is 0. The molecule has 1 aliphatic heterocycles. The SMILES string of the molecule is CCCc1noc([C@@H](C)N2CCN(CC)CC2)n1. The molecule has 102 valence electrons. The Balaban J connectivity index is 1.92. The second kappa shape index (κ2) is 6.29. The van der Waals surface area contributed by atoms with Crippen molar-refractivity contribution in [2.75, 3.05) is 32.7 Å². The molecule has 1 aliphatic rings. The fourth-order valence-corrected chi connectivity index (χ4v) is 2.39. The molecule has 0 aliphatic carbocycles. The van der Waals surface area contributed by atoms with Crippen molar-refractivity contribution in [3.05, 3.63) is 11.7 Å². The Labute approximate surface area is 109 Å². The highest BCUT2D eigenvalue weighted by atomic mass is 16.5. The van der Waals surface area contributed by atoms with Gasteiger partial charge in [-0.2, -0.15) is 4.98 Å². The van der Waals surface area contributed by atoms with Gasteiger partial charge in [-0.05, 0) is 19.9 Å². The monoisotopic (exact) mass is 252 g/mol. The standard InChI is InChI=1S/C13H24N4O/c1-4-6-12-14-13(18-15-12)11(3)17-9-7-16(5-2)8-10-17/h11H,4-10H2,1-3H3/t11-/m1/s1. The third kappa shape index (κ3) is 3.09. The predicted octanol–water partition coefficient (Wildman–Crippen LogP) is 1.72. The Bertz CT molecular complexity index is 358. The summed E-state index contributed by atoms with van der Waals surface area (Å²) in [6, 6.07) is 0.238. The van der Waals surface area contributed by atoms with Gasteiger partial charge in [-0.25, -0.2) is 0 Å². The van der Waals surface area contributed by atoms with Crippen LogP contribution in [-0.4, -0.2) is 52.7 Å². The second-order valence-electron chi connectivity index (χ2n) is 4.95. The van der Waals surface area contributed by atoms with Crippen LogP contribution in [0.5, 0.6) is 0 Å². The third-order valence-corrected chi connectivity index (χ3v) is 3.72. The van der Waals surface area contributed by atoms with E-state index >= 15 is 0 Å². The molecule has 0 aromatic carbocycles. The van der Waals surface area contributed by atoms with Crippen LogP contribution in [0.25, 0.3) is 0 Å². The molecule has 0 bridgehead atoms. The van der Waals surface area contributed by atoms with Crippen LogP contribution in [0, 0.1) is 0 Å². The van der Waals surface area contributed by atoms with Crippen molar-refractivity contribution in [1.29, 1.82) is 0 Å². The van der Waals surface area contributed by atoms with Crippen molar-refractivity contribution in [2.45, 2.75) is 39.7 Å². The van der Waals surface area contributed by atoms with E-state index in [1.54, 1.807) is 0 Å². The highest BCUT2D eigenvalue weighted by Gasteiger charge is 2.24. The summed E-state index contributed by atoms with van der Waals surface area (Å²) >= 11 is 0. The van der Waals surface area contributed by atoms with Gasteiger partial charge in [-0.15, -0.1) is 0 Å². The van der Waals surface area contributed by atoms with E-state index in [0.29, 0.717) is 0 Å². The molecule has 0 saturated carbocycles. The fraction of sp³-hybridized carbons (Fsp3) is 0.846. The van der Waals surface area contributed by atoms with Gasteiger partial charge in [0.1, 0.15) is 0 Å². The van der Waals surface area contributed by atoms with E-state index in [2.05, 4.69) is 40.7 Å². The minimum absolute atomic E-state index is 0.238. The molecule has 2 rings (SSSR count). The van der Waals surface area contributed by atoms with Crippen molar-refractivity contribution < 1.29 is 4.52 Å². The maximum atomic E-state index is 5.37. The number of aromatic nitrogens is 2. The molecule has 1 saturated heterocycles. The van der Waals surface area contributed by atoms with Crippen LogP contribution < -0.4 is 0 Å². The number of hydrogen-bond acceptors (Lipinski definition) is 5. The normalized spacial score (nSPS) is 20.2. The molecule has 2 heterocycles. The topological polar surface area (TPSA) is 45.4 Å². The lowest BCUT2D eigenvalue weighted by Crippen LogP contribution is -2.46. The van der Waals surface area contributed by atoms with Crippen LogP contribution in [0.2, 0.25) is 0 Å². The smallest absolute Gasteiger partial charge is 0.243 e. The summed E-state index contributed by atoms with van der Waals surface area (Å²) in [7, 11) is 0. The van der Waals surface area contributed by atoms with E-state index in [1.165, 1.54) is 0 Å². The summed E-state index contributed by atoms with van der Waals surface area (Å²) in [5, 5.41) is 4.03. The van der Waals surface area contributed by atoms with Crippen LogP contribution in [-0.2, 0) is 6.42 Å². The quantitative estimate of drug-likeness (QED) is 0.798. The first kappa shape index (κ1) is 13.5. The summed E-state index contributed by atoms with van der Waals surface area (Å²) < 4.78 is 5.37. The Morgan fingerprint density at radius 2 is 1.94 bits per heavy atom. The second-order valence-corrected chi connectivity index (χ2v) is 4.95. The molecule has 1 atom stereocenters. The van der Waals surface area contributed by atoms with Gasteiger partial charge in [0, 0.05) is 32.6 Å². The molecule has 1 aromatic heterocycles. The number of rotatable bonds is 5. The van der Waals surface area contributed by atoms with Gasteiger partial charge in [0.25, 0.3) is 0 Å². The van der Waals surface area contributed by atoms with Crippen molar-refractivity contribution in [3.63, 3.8) is 0 Å². The zero-order valence-corrected chi connectivity index (χ0v) is 11.7. The van der Waals surface area contributed by atoms with Gasteiger partial charge in [-0.1, -0.05) is 19.0 Å². The first-order valence-electron chi connectivity index (χ1n) is 7.03. The Morgan fingerprint density at radius 1 is 1.22 bits per heavy atom. The number of piperazine rings is 1. The number of nitrogens with zero attached hydrogens (tertiary/aromatic N) is 4. The largest absolute Gasteiger partial charge is 0.338 e. The first-order valence-corrected chi connectivity index (χ1v) is 7.03. The highest BCUT2D eigenvalue weighted by Crippen LogP contribution is 2.20. The minimum Gasteiger partial charge on any atom is -0.338 e. The molecule has 0 unspecified atom stereocenters. The first-order chi connectivity index (χ1) is 8.74. The van der Waals surface area contributed by atoms with Gasteiger partial charge in [0.2, 0.25) is 5.89 Å². The van der Waals surface area contributed by atoms with Crippen LogP contribution in [0.15, 0.2) is 4.52 Å². The molecule has 5 nitrogen and oxygen atoms in total. The van der Waals surface area contributed by atoms with Gasteiger partial charge in [0.05, 0.1) is 6.04 Å². The lowest BCUT2D eigenvalue weighted by atomic mass is 10.2. The van der Waals surface area contributed by atoms with E-state index in [9.17, 15) is 0 Å². The summed E-state index contributed by atoms with van der Waals surface area (Å²) in [6.45, 7) is 12.1. The lowest BCUT2D eigenvalue weighted by molar-refractivity contribution is 0.0914. The molecule has 0 radical (unpaired) electrons. The van der Waals surface area contributed by atoms with Crippen LogP contribution >= 0.6 is 0 Å². The Morgan fingerprint density at radius 3 is 2.56 bits per heavy atom. The minimum atomic E-state index is 0.238. The van der Waals surface area contributed by atoms with Crippen molar-refractivity contribution in [2.24, 2.45) is 0 Å². The lowest BCUT2D eigenvalue weighted by Gasteiger charge is -2.36. The molecule has 18 heavy (non-hydrogen) atoms. The zero-order valence-electron chi connectivity index (χ0n) is 11.7. The van der Waals surface area contributed by atoms with Gasteiger partial charge in [0.15, 0.2) is 5.82 Å². The van der Waals surface area contributed by atoms with Crippen molar-refractivity contribution >= 4 is 0 Å². The molecule has 0 N–H and O–H groups in total. The molecule has 1 fully saturated rings. The van der Waals surface area contributed by atoms with Crippen molar-refractivity contribution in [1.82, 2.24) is 19.9 Å². The van der Waals surface area contributed by atoms with E-state index in [-0.39, 0.29) is 6.04 Å². The molecule has 0 amide bonds. The zero-order chi connectivity index (χ0) is 13.0. The molecule has 5 heteroatoms. The average Bonchev–Trinajstić information content (AvgIpc) is 2.87. The van der Waals surface area contributed by atoms with Crippen molar-refractivity contribution in [3.8, 4) is 0 Å². The summed E-state index contributed by atoms with van der Waals surface area (Å²) in [5.41, 5.74) is 0. The summed E-state index contributed by atoms with van der Waals surface area (Å²) in [4.78, 5) is 9.38. The summed E-state index contributed by atoms with van der Waals surface area (Å²) in [6.07, 6.45) is 1.96. The molecule has 0 spiro atoms. The van der Waals surface area contributed by atoms with Crippen LogP contribution in [0.4, 0.5) is 0 Å². The number of likely N-dealkylation sites (N-methyl/N-ethyl adjacent to an activating group) is 1. The average molecular weight is 252 g/mol. The van der Waals surface area contributed by atoms with E-state index in [0.717, 1.165) is 57.3 Å². The molecule has 1 aromatic rings. The van der Waals surface area contributed by atoms with E-state index in [1.807, 2.05) is 0 Å². The molecular formula is C13H24N4O. The van der Waals surface area contributed by atoms with Crippen LogP contribution in [0.3, 0.4) is 0 Å². The van der Waals surface area contributed by atoms with Gasteiger partial charge in [-0.3, -0.25) is 4.90 Å². The highest BCUT2D eigenvalue weighted by molar-refractivity contribution is 4.93. The van der Waals surface area contributed by atoms with E-state index in [4.69, 9.17) is 4.52 Å². The maximum Gasteiger partial charge on any atom is 0.243 e. The third-order valence-electron chi connectivity index (χ3n) is 3.72. The Kier molecular flexibility index (Phi) is 4.72. The maximum absolute atomic E-state index is 5.37. The van der Waals surface area contributed by atoms with Gasteiger partial charge < -0.3 is 9.42 Å². The number of aryl methyl sites for hydroxylation is 1. The Hall–Kier alpha value is -0.940. The van der Waals surface area contributed by atoms with E-state index < -0.39 is 0 Å². The van der Waals surface area contributed by atoms with Crippen LogP contribution in [0.1, 0.15) is 44.9 Å². The predicted molar refractivity (Wildman–Crippen MR) is 70.4 cm³/mol. The van der Waals surface area contributed by atoms with Gasteiger partial charge >= 0.3 is 0 Å².